The predicted molar refractivity (Wildman–Crippen MR) is 97.5 cm³/mol. The van der Waals surface area contributed by atoms with E-state index >= 15 is 0 Å². The Kier molecular flexibility index (Phi) is 4.29. The lowest BCUT2D eigenvalue weighted by atomic mass is 10.0. The topological polar surface area (TPSA) is 51.7 Å². The summed E-state index contributed by atoms with van der Waals surface area (Å²) in [4.78, 5) is 18.6. The van der Waals surface area contributed by atoms with Crippen molar-refractivity contribution in [1.29, 1.82) is 0 Å². The number of rotatable bonds is 4. The van der Waals surface area contributed by atoms with Crippen molar-refractivity contribution in [1.82, 2.24) is 9.88 Å². The molecule has 0 saturated carbocycles. The number of carbonyl (C=O) groups is 1. The number of hydrogen-bond acceptors (Lipinski definition) is 5. The Labute approximate surface area is 151 Å². The molecule has 6 heteroatoms. The highest BCUT2D eigenvalue weighted by molar-refractivity contribution is 8.00. The minimum absolute atomic E-state index is 0.00372. The summed E-state index contributed by atoms with van der Waals surface area (Å²) in [6.45, 7) is 5.29. The maximum Gasteiger partial charge on any atom is 0.233 e. The van der Waals surface area contributed by atoms with Gasteiger partial charge in [0.2, 0.25) is 12.7 Å². The van der Waals surface area contributed by atoms with Crippen LogP contribution in [-0.4, -0.2) is 34.9 Å². The Balaban J connectivity index is 1.73. The lowest BCUT2D eigenvalue weighted by Gasteiger charge is -2.27. The van der Waals surface area contributed by atoms with E-state index in [0.29, 0.717) is 11.7 Å². The van der Waals surface area contributed by atoms with E-state index in [1.54, 1.807) is 18.0 Å². The average molecular weight is 356 g/mol. The van der Waals surface area contributed by atoms with Gasteiger partial charge in [0.25, 0.3) is 0 Å². The summed E-state index contributed by atoms with van der Waals surface area (Å²) in [5, 5.41) is 0.00372. The molecule has 0 radical (unpaired) electrons. The summed E-state index contributed by atoms with van der Waals surface area (Å²) in [5.41, 5.74) is 3.19. The van der Waals surface area contributed by atoms with Crippen LogP contribution in [-0.2, 0) is 4.79 Å². The zero-order valence-corrected chi connectivity index (χ0v) is 15.1. The van der Waals surface area contributed by atoms with E-state index in [1.165, 1.54) is 0 Å². The number of amides is 1. The molecule has 2 aliphatic heterocycles. The molecule has 0 aliphatic carbocycles. The number of pyridine rings is 1. The Morgan fingerprint density at radius 1 is 1.28 bits per heavy atom. The van der Waals surface area contributed by atoms with Crippen LogP contribution in [0.3, 0.4) is 0 Å². The van der Waals surface area contributed by atoms with Crippen LogP contribution >= 0.6 is 11.8 Å². The molecule has 1 unspecified atom stereocenters. The van der Waals surface area contributed by atoms with Gasteiger partial charge in [-0.1, -0.05) is 19.9 Å². The summed E-state index contributed by atoms with van der Waals surface area (Å²) in [6.07, 6.45) is 3.67. The molecular weight excluding hydrogens is 336 g/mol. The minimum atomic E-state index is 0.00372. The third-order valence-electron chi connectivity index (χ3n) is 4.33. The van der Waals surface area contributed by atoms with E-state index in [1.807, 2.05) is 35.4 Å². The van der Waals surface area contributed by atoms with Gasteiger partial charge in [0, 0.05) is 24.5 Å². The van der Waals surface area contributed by atoms with Crippen molar-refractivity contribution in [2.24, 2.45) is 5.92 Å². The first-order chi connectivity index (χ1) is 12.1. The maximum atomic E-state index is 12.3. The van der Waals surface area contributed by atoms with E-state index in [4.69, 9.17) is 9.47 Å². The second-order valence-corrected chi connectivity index (χ2v) is 7.70. The summed E-state index contributed by atoms with van der Waals surface area (Å²) >= 11 is 1.67. The molecule has 4 rings (SSSR count). The van der Waals surface area contributed by atoms with Crippen LogP contribution in [0.1, 0.15) is 24.8 Å². The number of ether oxygens (including phenoxy) is 2. The third-order valence-corrected chi connectivity index (χ3v) is 5.57. The molecule has 3 heterocycles. The van der Waals surface area contributed by atoms with Crippen molar-refractivity contribution >= 4 is 17.7 Å². The van der Waals surface area contributed by atoms with Crippen molar-refractivity contribution in [2.75, 3.05) is 19.1 Å². The molecular formula is C19H20N2O3S. The molecule has 0 spiro atoms. The minimum Gasteiger partial charge on any atom is -0.454 e. The Morgan fingerprint density at radius 3 is 2.96 bits per heavy atom. The number of fused-ring (bicyclic) bond motifs is 1. The van der Waals surface area contributed by atoms with Crippen LogP contribution < -0.4 is 9.47 Å². The number of nitrogens with zero attached hydrogens (tertiary/aromatic N) is 2. The first-order valence-corrected chi connectivity index (χ1v) is 9.43. The fourth-order valence-electron chi connectivity index (χ4n) is 3.23. The molecule has 0 bridgehead atoms. The largest absolute Gasteiger partial charge is 0.454 e. The lowest BCUT2D eigenvalue weighted by molar-refractivity contribution is -0.128. The van der Waals surface area contributed by atoms with Crippen LogP contribution in [0, 0.1) is 5.92 Å². The second-order valence-electron chi connectivity index (χ2n) is 6.63. The Bertz CT molecular complexity index is 809. The molecule has 5 nitrogen and oxygen atoms in total. The van der Waals surface area contributed by atoms with E-state index < -0.39 is 0 Å². The van der Waals surface area contributed by atoms with Gasteiger partial charge >= 0.3 is 0 Å². The number of hydrogen-bond donors (Lipinski definition) is 0. The average Bonchev–Trinajstić information content (AvgIpc) is 3.21. The molecule has 0 N–H and O–H groups in total. The van der Waals surface area contributed by atoms with Gasteiger partial charge in [-0.15, -0.1) is 11.8 Å². The van der Waals surface area contributed by atoms with Crippen molar-refractivity contribution < 1.29 is 14.3 Å². The quantitative estimate of drug-likeness (QED) is 0.836. The molecule has 25 heavy (non-hydrogen) atoms. The SMILES string of the molecule is CC(C)CN1C(=O)CSC1c1cnccc1-c1ccc2c(c1)OCO2. The van der Waals surface area contributed by atoms with Gasteiger partial charge in [-0.2, -0.15) is 0 Å². The second kappa shape index (κ2) is 6.59. The summed E-state index contributed by atoms with van der Waals surface area (Å²) in [7, 11) is 0. The van der Waals surface area contributed by atoms with Gasteiger partial charge in [0.05, 0.1) is 5.75 Å². The van der Waals surface area contributed by atoms with Crippen LogP contribution in [0.15, 0.2) is 36.7 Å². The molecule has 1 aromatic carbocycles. The van der Waals surface area contributed by atoms with E-state index in [9.17, 15) is 4.79 Å². The van der Waals surface area contributed by atoms with Gasteiger partial charge in [0.1, 0.15) is 5.37 Å². The highest BCUT2D eigenvalue weighted by Gasteiger charge is 2.34. The van der Waals surface area contributed by atoms with E-state index in [-0.39, 0.29) is 18.1 Å². The molecule has 1 atom stereocenters. The fourth-order valence-corrected chi connectivity index (χ4v) is 4.45. The summed E-state index contributed by atoms with van der Waals surface area (Å²) in [5.74, 6) is 2.67. The smallest absolute Gasteiger partial charge is 0.233 e. The highest BCUT2D eigenvalue weighted by Crippen LogP contribution is 2.44. The zero-order valence-electron chi connectivity index (χ0n) is 14.3. The summed E-state index contributed by atoms with van der Waals surface area (Å²) in [6, 6.07) is 7.96. The van der Waals surface area contributed by atoms with E-state index in [0.717, 1.165) is 34.7 Å². The van der Waals surface area contributed by atoms with Crippen LogP contribution in [0.5, 0.6) is 11.5 Å². The van der Waals surface area contributed by atoms with Gasteiger partial charge in [-0.05, 0) is 35.2 Å². The fraction of sp³-hybridized carbons (Fsp3) is 0.368. The number of carbonyl (C=O) groups excluding carboxylic acids is 1. The van der Waals surface area contributed by atoms with Gasteiger partial charge in [-0.25, -0.2) is 0 Å². The van der Waals surface area contributed by atoms with Crippen molar-refractivity contribution in [2.45, 2.75) is 19.2 Å². The van der Waals surface area contributed by atoms with Crippen LogP contribution in [0.2, 0.25) is 0 Å². The third kappa shape index (κ3) is 3.06. The molecule has 130 valence electrons. The van der Waals surface area contributed by atoms with Crippen molar-refractivity contribution in [3.05, 3.63) is 42.2 Å². The van der Waals surface area contributed by atoms with Gasteiger partial charge in [-0.3, -0.25) is 9.78 Å². The van der Waals surface area contributed by atoms with Crippen molar-refractivity contribution in [3.8, 4) is 22.6 Å². The van der Waals surface area contributed by atoms with Crippen LogP contribution in [0.4, 0.5) is 0 Å². The highest BCUT2D eigenvalue weighted by atomic mass is 32.2. The molecule has 1 fully saturated rings. The van der Waals surface area contributed by atoms with Crippen LogP contribution in [0.25, 0.3) is 11.1 Å². The molecule has 1 saturated heterocycles. The van der Waals surface area contributed by atoms with Gasteiger partial charge in [0.15, 0.2) is 11.5 Å². The van der Waals surface area contributed by atoms with E-state index in [2.05, 4.69) is 18.8 Å². The monoisotopic (exact) mass is 356 g/mol. The number of thioether (sulfide) groups is 1. The number of aromatic nitrogens is 1. The lowest BCUT2D eigenvalue weighted by Crippen LogP contribution is -2.31. The summed E-state index contributed by atoms with van der Waals surface area (Å²) < 4.78 is 10.9. The van der Waals surface area contributed by atoms with Gasteiger partial charge < -0.3 is 14.4 Å². The van der Waals surface area contributed by atoms with Crippen molar-refractivity contribution in [3.63, 3.8) is 0 Å². The number of benzene rings is 1. The molecule has 2 aromatic rings. The first-order valence-electron chi connectivity index (χ1n) is 8.38. The standard InChI is InChI=1S/C19H20N2O3S/c1-12(2)9-21-18(22)10-25-19(21)15-8-20-6-5-14(15)13-3-4-16-17(7-13)24-11-23-16/h3-8,12,19H,9-11H2,1-2H3. The zero-order chi connectivity index (χ0) is 17.4. The predicted octanol–water partition coefficient (Wildman–Crippen LogP) is 3.71. The maximum absolute atomic E-state index is 12.3. The molecule has 1 aromatic heterocycles. The molecule has 2 aliphatic rings. The molecule has 1 amide bonds. The Hall–Kier alpha value is -2.21. The normalized spacial score (nSPS) is 19.1. The first kappa shape index (κ1) is 16.3. The Morgan fingerprint density at radius 2 is 2.12 bits per heavy atom.